The molecule has 0 aliphatic carbocycles. The number of halogens is 2. The lowest BCUT2D eigenvalue weighted by molar-refractivity contribution is -0.129. The summed E-state index contributed by atoms with van der Waals surface area (Å²) in [6.45, 7) is 0.384. The van der Waals surface area contributed by atoms with Gasteiger partial charge in [0.25, 0.3) is 0 Å². The van der Waals surface area contributed by atoms with Gasteiger partial charge < -0.3 is 10.2 Å². The monoisotopic (exact) mass is 356 g/mol. The molecule has 5 heteroatoms. The van der Waals surface area contributed by atoms with Gasteiger partial charge >= 0.3 is 0 Å². The number of carbonyl (C=O) groups is 1. The van der Waals surface area contributed by atoms with Crippen LogP contribution in [0.1, 0.15) is 23.5 Å². The second kappa shape index (κ2) is 7.79. The normalized spacial score (nSPS) is 19.8. The van der Waals surface area contributed by atoms with Gasteiger partial charge in [-0.1, -0.05) is 36.4 Å². The molecule has 0 saturated heterocycles. The van der Waals surface area contributed by atoms with E-state index in [-0.39, 0.29) is 23.4 Å². The maximum atomic E-state index is 14.2. The van der Waals surface area contributed by atoms with Crippen LogP contribution in [0.4, 0.5) is 8.78 Å². The smallest absolute Gasteiger partial charge is 0.223 e. The first-order valence-corrected chi connectivity index (χ1v) is 8.60. The minimum atomic E-state index is -0.469. The lowest BCUT2D eigenvalue weighted by Gasteiger charge is -2.32. The molecule has 3 rings (SSSR count). The van der Waals surface area contributed by atoms with Gasteiger partial charge in [-0.05, 0) is 29.3 Å². The number of benzene rings is 2. The van der Waals surface area contributed by atoms with Gasteiger partial charge in [0.15, 0.2) is 0 Å². The van der Waals surface area contributed by atoms with E-state index in [9.17, 15) is 13.6 Å². The molecule has 2 unspecified atom stereocenters. The second-order valence-electron chi connectivity index (χ2n) is 6.73. The topological polar surface area (TPSA) is 32.3 Å². The van der Waals surface area contributed by atoms with Gasteiger partial charge in [-0.15, -0.1) is 0 Å². The molecule has 2 atom stereocenters. The Kier molecular flexibility index (Phi) is 5.47. The number of nitrogens with zero attached hydrogens (tertiary/aromatic N) is 1. The first-order valence-electron chi connectivity index (χ1n) is 8.60. The summed E-state index contributed by atoms with van der Waals surface area (Å²) < 4.78 is 27.8. The van der Waals surface area contributed by atoms with E-state index in [1.54, 1.807) is 19.0 Å². The highest BCUT2D eigenvalue weighted by atomic mass is 19.1. The summed E-state index contributed by atoms with van der Waals surface area (Å²) in [7, 11) is 3.46. The molecule has 136 valence electrons. The zero-order chi connectivity index (χ0) is 18.7. The molecule has 0 aromatic heterocycles. The highest BCUT2D eigenvalue weighted by Crippen LogP contribution is 2.32. The summed E-state index contributed by atoms with van der Waals surface area (Å²) in [5.41, 5.74) is 1.99. The summed E-state index contributed by atoms with van der Waals surface area (Å²) in [4.78, 5) is 13.8. The molecule has 2 aromatic rings. The average molecular weight is 356 g/mol. The Hall–Kier alpha value is -2.53. The minimum Gasteiger partial charge on any atom is -0.349 e. The third-order valence-electron chi connectivity index (χ3n) is 4.72. The first-order chi connectivity index (χ1) is 12.5. The zero-order valence-electron chi connectivity index (χ0n) is 14.9. The van der Waals surface area contributed by atoms with E-state index in [1.165, 1.54) is 6.07 Å². The van der Waals surface area contributed by atoms with Gasteiger partial charge in [0.2, 0.25) is 5.91 Å². The van der Waals surface area contributed by atoms with Crippen molar-refractivity contribution in [2.45, 2.75) is 18.4 Å². The molecule has 0 spiro atoms. The number of rotatable bonds is 4. The fourth-order valence-corrected chi connectivity index (χ4v) is 3.26. The van der Waals surface area contributed by atoms with Crippen LogP contribution < -0.4 is 5.32 Å². The van der Waals surface area contributed by atoms with Crippen molar-refractivity contribution in [2.24, 2.45) is 0 Å². The zero-order valence-corrected chi connectivity index (χ0v) is 14.9. The second-order valence-corrected chi connectivity index (χ2v) is 6.73. The number of hydrogen-bond acceptors (Lipinski definition) is 2. The van der Waals surface area contributed by atoms with Crippen LogP contribution in [-0.2, 0) is 4.79 Å². The van der Waals surface area contributed by atoms with Gasteiger partial charge in [0, 0.05) is 44.6 Å². The fourth-order valence-electron chi connectivity index (χ4n) is 3.26. The lowest BCUT2D eigenvalue weighted by atomic mass is 9.83. The van der Waals surface area contributed by atoms with Crippen LogP contribution >= 0.6 is 0 Å². The number of carbonyl (C=O) groups excluding carboxylic acids is 1. The van der Waals surface area contributed by atoms with E-state index in [4.69, 9.17) is 0 Å². The van der Waals surface area contributed by atoms with Crippen molar-refractivity contribution in [1.29, 1.82) is 0 Å². The van der Waals surface area contributed by atoms with Gasteiger partial charge in [-0.25, -0.2) is 8.78 Å². The van der Waals surface area contributed by atoms with Crippen LogP contribution in [-0.4, -0.2) is 37.5 Å². The predicted octanol–water partition coefficient (Wildman–Crippen LogP) is 3.58. The average Bonchev–Trinajstić information content (AvgIpc) is 2.64. The van der Waals surface area contributed by atoms with E-state index < -0.39 is 11.6 Å². The number of hydrogen-bond donors (Lipinski definition) is 1. The summed E-state index contributed by atoms with van der Waals surface area (Å²) in [6, 6.07) is 13.1. The lowest BCUT2D eigenvalue weighted by Crippen LogP contribution is -2.42. The van der Waals surface area contributed by atoms with Crippen molar-refractivity contribution in [2.75, 3.05) is 20.6 Å². The SMILES string of the molecule is CN(C)C(=O)CC1NCC(c2cc(F)ccc2F)=CC1c1ccccc1. The van der Waals surface area contributed by atoms with Crippen molar-refractivity contribution >= 4 is 11.5 Å². The highest BCUT2D eigenvalue weighted by Gasteiger charge is 2.29. The Morgan fingerprint density at radius 1 is 1.15 bits per heavy atom. The van der Waals surface area contributed by atoms with Crippen molar-refractivity contribution in [1.82, 2.24) is 10.2 Å². The van der Waals surface area contributed by atoms with Crippen molar-refractivity contribution in [3.8, 4) is 0 Å². The molecular weight excluding hydrogens is 334 g/mol. The van der Waals surface area contributed by atoms with E-state index in [2.05, 4.69) is 5.32 Å². The molecule has 0 radical (unpaired) electrons. The Morgan fingerprint density at radius 2 is 1.88 bits per heavy atom. The van der Waals surface area contributed by atoms with Crippen LogP contribution in [0.5, 0.6) is 0 Å². The van der Waals surface area contributed by atoms with Gasteiger partial charge in [0.1, 0.15) is 11.6 Å². The number of amides is 1. The molecule has 3 nitrogen and oxygen atoms in total. The summed E-state index contributed by atoms with van der Waals surface area (Å²) in [5.74, 6) is -0.999. The standard InChI is InChI=1S/C21H22F2N2O/c1-25(2)21(26)12-20-18(14-6-4-3-5-7-14)10-15(13-24-20)17-11-16(22)8-9-19(17)23/h3-11,18,20,24H,12-13H2,1-2H3. The maximum absolute atomic E-state index is 14.2. The van der Waals surface area contributed by atoms with Crippen LogP contribution in [0.2, 0.25) is 0 Å². The predicted molar refractivity (Wildman–Crippen MR) is 98.6 cm³/mol. The highest BCUT2D eigenvalue weighted by molar-refractivity contribution is 5.77. The van der Waals surface area contributed by atoms with Crippen molar-refractivity contribution in [3.05, 3.63) is 77.4 Å². The molecule has 1 amide bonds. The largest absolute Gasteiger partial charge is 0.349 e. The van der Waals surface area contributed by atoms with E-state index in [0.717, 1.165) is 17.7 Å². The molecule has 0 fully saturated rings. The third-order valence-corrected chi connectivity index (χ3v) is 4.72. The van der Waals surface area contributed by atoms with Gasteiger partial charge in [-0.3, -0.25) is 4.79 Å². The van der Waals surface area contributed by atoms with E-state index in [0.29, 0.717) is 18.5 Å². The van der Waals surface area contributed by atoms with E-state index in [1.807, 2.05) is 36.4 Å². The molecule has 2 aromatic carbocycles. The van der Waals surface area contributed by atoms with E-state index >= 15 is 0 Å². The van der Waals surface area contributed by atoms with Crippen molar-refractivity contribution < 1.29 is 13.6 Å². The van der Waals surface area contributed by atoms with Crippen molar-refractivity contribution in [3.63, 3.8) is 0 Å². The maximum Gasteiger partial charge on any atom is 0.223 e. The Balaban J connectivity index is 1.98. The Morgan fingerprint density at radius 3 is 2.58 bits per heavy atom. The molecule has 1 aliphatic rings. The Bertz CT molecular complexity index is 818. The van der Waals surface area contributed by atoms with Gasteiger partial charge in [0.05, 0.1) is 0 Å². The fraction of sp³-hybridized carbons (Fsp3) is 0.286. The molecule has 1 aliphatic heterocycles. The minimum absolute atomic E-state index is 0.0252. The molecule has 0 saturated carbocycles. The molecule has 26 heavy (non-hydrogen) atoms. The molecule has 1 heterocycles. The van der Waals surface area contributed by atoms with Crippen LogP contribution in [0.25, 0.3) is 5.57 Å². The molecular formula is C21H22F2N2O. The summed E-state index contributed by atoms with van der Waals surface area (Å²) in [5, 5.41) is 3.34. The van der Waals surface area contributed by atoms with Crippen LogP contribution in [0.3, 0.4) is 0 Å². The third kappa shape index (κ3) is 3.99. The summed E-state index contributed by atoms with van der Waals surface area (Å²) in [6.07, 6.45) is 2.29. The Labute approximate surface area is 152 Å². The summed E-state index contributed by atoms with van der Waals surface area (Å²) >= 11 is 0. The van der Waals surface area contributed by atoms with Crippen LogP contribution in [0.15, 0.2) is 54.6 Å². The quantitative estimate of drug-likeness (QED) is 0.908. The molecule has 1 N–H and O–H groups in total. The first kappa shape index (κ1) is 18.3. The van der Waals surface area contributed by atoms with Crippen LogP contribution in [0, 0.1) is 11.6 Å². The number of nitrogens with one attached hydrogen (secondary N) is 1. The van der Waals surface area contributed by atoms with Gasteiger partial charge in [-0.2, -0.15) is 0 Å². The molecule has 0 bridgehead atoms.